The molecule has 0 atom stereocenters. The molecule has 1 saturated heterocycles. The van der Waals surface area contributed by atoms with Gasteiger partial charge in [0.2, 0.25) is 0 Å². The summed E-state index contributed by atoms with van der Waals surface area (Å²) in [6.45, 7) is 2.50. The molecular weight excluding hydrogens is 422 g/mol. The summed E-state index contributed by atoms with van der Waals surface area (Å²) in [7, 11) is 4.79. The van der Waals surface area contributed by atoms with E-state index in [4.69, 9.17) is 14.2 Å². The second-order valence-electron chi connectivity index (χ2n) is 7.51. The zero-order valence-electron chi connectivity index (χ0n) is 18.9. The Morgan fingerprint density at radius 3 is 1.97 bits per heavy atom. The molecule has 1 aliphatic heterocycles. The van der Waals surface area contributed by atoms with Crippen molar-refractivity contribution in [3.8, 4) is 28.5 Å². The van der Waals surface area contributed by atoms with Crippen LogP contribution in [0.2, 0.25) is 0 Å². The first kappa shape index (κ1) is 22.2. The van der Waals surface area contributed by atoms with E-state index in [-0.39, 0.29) is 6.03 Å². The smallest absolute Gasteiger partial charge is 0.321 e. The lowest BCUT2D eigenvalue weighted by molar-refractivity contribution is 0.208. The van der Waals surface area contributed by atoms with Crippen molar-refractivity contribution in [1.29, 1.82) is 0 Å². The summed E-state index contributed by atoms with van der Waals surface area (Å²) < 4.78 is 15.7. The van der Waals surface area contributed by atoms with Crippen LogP contribution >= 0.6 is 0 Å². The fourth-order valence-electron chi connectivity index (χ4n) is 3.63. The number of carbonyl (C=O) groups is 1. The number of anilines is 2. The maximum absolute atomic E-state index is 12.7. The van der Waals surface area contributed by atoms with Crippen LogP contribution in [0.4, 0.5) is 16.3 Å². The number of aromatic nitrogens is 2. The van der Waals surface area contributed by atoms with Crippen molar-refractivity contribution in [2.24, 2.45) is 0 Å². The molecule has 1 aliphatic rings. The highest BCUT2D eigenvalue weighted by molar-refractivity contribution is 5.90. The van der Waals surface area contributed by atoms with Gasteiger partial charge in [0, 0.05) is 55.6 Å². The van der Waals surface area contributed by atoms with E-state index in [1.807, 2.05) is 36.4 Å². The molecule has 33 heavy (non-hydrogen) atoms. The number of hydrogen-bond donors (Lipinski definition) is 1. The summed E-state index contributed by atoms with van der Waals surface area (Å²) in [4.78, 5) is 16.6. The van der Waals surface area contributed by atoms with Crippen LogP contribution in [0.5, 0.6) is 17.2 Å². The Kier molecular flexibility index (Phi) is 6.77. The van der Waals surface area contributed by atoms with Gasteiger partial charge in [-0.25, -0.2) is 4.79 Å². The lowest BCUT2D eigenvalue weighted by Crippen LogP contribution is -2.50. The topological polar surface area (TPSA) is 89.1 Å². The average molecular weight is 450 g/mol. The van der Waals surface area contributed by atoms with E-state index >= 15 is 0 Å². The third-order valence-corrected chi connectivity index (χ3v) is 5.53. The van der Waals surface area contributed by atoms with Crippen LogP contribution in [0, 0.1) is 0 Å². The van der Waals surface area contributed by atoms with Gasteiger partial charge in [-0.05, 0) is 36.4 Å². The summed E-state index contributed by atoms with van der Waals surface area (Å²) in [5, 5.41) is 11.7. The van der Waals surface area contributed by atoms with Crippen molar-refractivity contribution in [2.45, 2.75) is 0 Å². The van der Waals surface area contributed by atoms with E-state index in [9.17, 15) is 4.79 Å². The SMILES string of the molecule is COc1ccc(-c2ccc(N3CCN(C(=O)Nc4cc(OC)cc(OC)c4)CC3)nn2)cc1. The molecule has 0 unspecified atom stereocenters. The van der Waals surface area contributed by atoms with Crippen LogP contribution in [0.15, 0.2) is 54.6 Å². The first-order valence-corrected chi connectivity index (χ1v) is 10.6. The fraction of sp³-hybridized carbons (Fsp3) is 0.292. The Hall–Kier alpha value is -4.01. The zero-order valence-corrected chi connectivity index (χ0v) is 18.9. The minimum atomic E-state index is -0.161. The minimum Gasteiger partial charge on any atom is -0.497 e. The van der Waals surface area contributed by atoms with Gasteiger partial charge in [-0.3, -0.25) is 0 Å². The fourth-order valence-corrected chi connectivity index (χ4v) is 3.63. The molecule has 9 nitrogen and oxygen atoms in total. The van der Waals surface area contributed by atoms with Crippen LogP contribution in [0.25, 0.3) is 11.3 Å². The third-order valence-electron chi connectivity index (χ3n) is 5.53. The van der Waals surface area contributed by atoms with E-state index in [1.54, 1.807) is 44.4 Å². The number of hydrogen-bond acceptors (Lipinski definition) is 7. The molecule has 4 rings (SSSR count). The predicted octanol–water partition coefficient (Wildman–Crippen LogP) is 3.52. The minimum absolute atomic E-state index is 0.161. The van der Waals surface area contributed by atoms with Gasteiger partial charge < -0.3 is 29.3 Å². The van der Waals surface area contributed by atoms with Gasteiger partial charge in [-0.1, -0.05) is 0 Å². The Morgan fingerprint density at radius 1 is 0.788 bits per heavy atom. The Morgan fingerprint density at radius 2 is 1.42 bits per heavy atom. The molecule has 2 aromatic carbocycles. The van der Waals surface area contributed by atoms with Crippen molar-refractivity contribution < 1.29 is 19.0 Å². The van der Waals surface area contributed by atoms with Gasteiger partial charge in [0.1, 0.15) is 17.2 Å². The molecular formula is C24H27N5O4. The van der Waals surface area contributed by atoms with Crippen LogP contribution in [-0.4, -0.2) is 68.6 Å². The zero-order chi connectivity index (χ0) is 23.2. The Bertz CT molecular complexity index is 1060. The Balaban J connectivity index is 1.34. The van der Waals surface area contributed by atoms with E-state index in [1.165, 1.54) is 0 Å². The number of nitrogens with zero attached hydrogens (tertiary/aromatic N) is 4. The molecule has 0 radical (unpaired) electrons. The molecule has 2 amide bonds. The summed E-state index contributed by atoms with van der Waals surface area (Å²) in [6.07, 6.45) is 0. The van der Waals surface area contributed by atoms with Gasteiger partial charge >= 0.3 is 6.03 Å². The number of piperazine rings is 1. The molecule has 1 N–H and O–H groups in total. The van der Waals surface area contributed by atoms with Crippen molar-refractivity contribution in [1.82, 2.24) is 15.1 Å². The third kappa shape index (κ3) is 5.25. The quantitative estimate of drug-likeness (QED) is 0.616. The van der Waals surface area contributed by atoms with Crippen molar-refractivity contribution >= 4 is 17.5 Å². The van der Waals surface area contributed by atoms with Gasteiger partial charge in [0.05, 0.1) is 27.0 Å². The molecule has 1 aromatic heterocycles. The average Bonchev–Trinajstić information content (AvgIpc) is 2.88. The lowest BCUT2D eigenvalue weighted by Gasteiger charge is -2.35. The number of methoxy groups -OCH3 is 3. The van der Waals surface area contributed by atoms with Crippen LogP contribution < -0.4 is 24.4 Å². The second kappa shape index (κ2) is 10.1. The van der Waals surface area contributed by atoms with E-state index < -0.39 is 0 Å². The monoisotopic (exact) mass is 449 g/mol. The van der Waals surface area contributed by atoms with Gasteiger partial charge in [0.25, 0.3) is 0 Å². The number of amides is 2. The maximum Gasteiger partial charge on any atom is 0.321 e. The van der Waals surface area contributed by atoms with Gasteiger partial charge in [-0.2, -0.15) is 0 Å². The van der Waals surface area contributed by atoms with Gasteiger partial charge in [0.15, 0.2) is 5.82 Å². The van der Waals surface area contributed by atoms with Crippen molar-refractivity contribution in [3.05, 3.63) is 54.6 Å². The van der Waals surface area contributed by atoms with Gasteiger partial charge in [-0.15, -0.1) is 10.2 Å². The van der Waals surface area contributed by atoms with Crippen molar-refractivity contribution in [2.75, 3.05) is 57.7 Å². The molecule has 172 valence electrons. The highest BCUT2D eigenvalue weighted by atomic mass is 16.5. The molecule has 0 aliphatic carbocycles. The molecule has 1 fully saturated rings. The van der Waals surface area contributed by atoms with E-state index in [0.717, 1.165) is 22.8 Å². The summed E-state index contributed by atoms with van der Waals surface area (Å²) >= 11 is 0. The molecule has 9 heteroatoms. The molecule has 2 heterocycles. The first-order chi connectivity index (χ1) is 16.1. The number of urea groups is 1. The largest absolute Gasteiger partial charge is 0.497 e. The second-order valence-corrected chi connectivity index (χ2v) is 7.51. The molecule has 0 saturated carbocycles. The first-order valence-electron chi connectivity index (χ1n) is 10.6. The number of rotatable bonds is 6. The Labute approximate surface area is 192 Å². The number of nitrogens with one attached hydrogen (secondary N) is 1. The van der Waals surface area contributed by atoms with Crippen LogP contribution in [0.3, 0.4) is 0 Å². The standard InChI is InChI=1S/C24H27N5O4/c1-31-19-6-4-17(5-7-19)22-8-9-23(27-26-22)28-10-12-29(13-11-28)24(30)25-18-14-20(32-2)16-21(15-18)33-3/h4-9,14-16H,10-13H2,1-3H3,(H,25,30). The lowest BCUT2D eigenvalue weighted by atomic mass is 10.1. The predicted molar refractivity (Wildman–Crippen MR) is 126 cm³/mol. The molecule has 3 aromatic rings. The summed E-state index contributed by atoms with van der Waals surface area (Å²) in [6, 6.07) is 16.8. The number of carbonyl (C=O) groups excluding carboxylic acids is 1. The maximum atomic E-state index is 12.7. The van der Waals surface area contributed by atoms with E-state index in [0.29, 0.717) is 43.4 Å². The highest BCUT2D eigenvalue weighted by Gasteiger charge is 2.22. The van der Waals surface area contributed by atoms with Crippen LogP contribution in [0.1, 0.15) is 0 Å². The summed E-state index contributed by atoms with van der Waals surface area (Å²) in [5.74, 6) is 2.83. The number of benzene rings is 2. The summed E-state index contributed by atoms with van der Waals surface area (Å²) in [5.41, 5.74) is 2.40. The number of ether oxygens (including phenoxy) is 3. The molecule has 0 bridgehead atoms. The van der Waals surface area contributed by atoms with Crippen LogP contribution in [-0.2, 0) is 0 Å². The molecule has 0 spiro atoms. The van der Waals surface area contributed by atoms with Crippen molar-refractivity contribution in [3.63, 3.8) is 0 Å². The highest BCUT2D eigenvalue weighted by Crippen LogP contribution is 2.26. The normalized spacial score (nSPS) is 13.4. The van der Waals surface area contributed by atoms with E-state index in [2.05, 4.69) is 20.4 Å².